The Bertz CT molecular complexity index is 3500. The van der Waals surface area contributed by atoms with E-state index < -0.39 is 28.5 Å². The van der Waals surface area contributed by atoms with Gasteiger partial charge in [0.05, 0.1) is 39.5 Å². The van der Waals surface area contributed by atoms with Gasteiger partial charge in [0.2, 0.25) is 0 Å². The van der Waals surface area contributed by atoms with Gasteiger partial charge in [-0.3, -0.25) is 0 Å². The minimum Gasteiger partial charge on any atom is -0.505 e. The molecular weight excluding hydrogens is 949 g/mol. The lowest BCUT2D eigenvalue weighted by Gasteiger charge is -2.34. The summed E-state index contributed by atoms with van der Waals surface area (Å²) in [5.74, 6) is -0.758. The molecule has 0 radical (unpaired) electrons. The molecule has 0 fully saturated rings. The number of hydrogen-bond donors (Lipinski definition) is 2. The van der Waals surface area contributed by atoms with E-state index in [2.05, 4.69) is 115 Å². The van der Waals surface area contributed by atoms with E-state index in [4.69, 9.17) is 9.68 Å². The third kappa shape index (κ3) is 9.77. The van der Waals surface area contributed by atoms with Crippen molar-refractivity contribution in [2.45, 2.75) is 113 Å². The lowest BCUT2D eigenvalue weighted by Crippen LogP contribution is -2.37. The zero-order valence-electron chi connectivity index (χ0n) is 45.8. The first-order valence-electron chi connectivity index (χ1n) is 26.4. The number of hydroxylamine groups is 2. The molecule has 76 heavy (non-hydrogen) atoms. The second-order valence-corrected chi connectivity index (χ2v) is 24.6. The number of phenolic OH excluding ortho intramolecular Hbond substituents is 2. The first kappa shape index (κ1) is 51.8. The monoisotopic (exact) mass is 1020 g/mol. The van der Waals surface area contributed by atoms with Crippen molar-refractivity contribution in [1.82, 2.24) is 14.4 Å². The van der Waals surface area contributed by atoms with Crippen LogP contribution in [-0.4, -0.2) is 30.6 Å². The Balaban J connectivity index is 1.13. The van der Waals surface area contributed by atoms with Crippen molar-refractivity contribution in [2.75, 3.05) is 0 Å². The van der Waals surface area contributed by atoms with E-state index >= 15 is 8.78 Å². The van der Waals surface area contributed by atoms with Crippen molar-refractivity contribution in [1.29, 1.82) is 0 Å². The van der Waals surface area contributed by atoms with Gasteiger partial charge >= 0.3 is 0 Å². The van der Waals surface area contributed by atoms with Crippen molar-refractivity contribution in [3.8, 4) is 56.6 Å². The molecule has 0 amide bonds. The predicted octanol–water partition coefficient (Wildman–Crippen LogP) is 18.3. The highest BCUT2D eigenvalue weighted by atomic mass is 19.1. The van der Waals surface area contributed by atoms with Gasteiger partial charge in [-0.2, -0.15) is 0 Å². The maximum Gasteiger partial charge on any atom is 0.159 e. The molecule has 0 saturated heterocycles. The van der Waals surface area contributed by atoms with Crippen LogP contribution < -0.4 is 9.68 Å². The standard InChI is InChI=1S/C67H69F2N3O4/c1-41(2)72(75-60-31-29-44(68)37-50(60)52-33-42(66(9,10)39-64(3,4)5)35-58(62(52)73)70-54-25-17-13-21-46(54)47-22-14-18-26-55(47)70)76-61-32-30-45(69)38-51(61)53-34-43(67(11,12)40-65(6,7)8)36-59(63(53)74)71-56-27-19-15-23-48(56)49-24-16-20-28-57(49)71/h13-38,41,73-74H,39-40H2,1-12H3. The minimum atomic E-state index is -0.527. The summed E-state index contributed by atoms with van der Waals surface area (Å²) in [7, 11) is 0. The van der Waals surface area contributed by atoms with Crippen LogP contribution in [0.25, 0.3) is 77.2 Å². The van der Waals surface area contributed by atoms with Crippen LogP contribution in [0.15, 0.2) is 158 Å². The van der Waals surface area contributed by atoms with E-state index in [1.54, 1.807) is 0 Å². The normalized spacial score (nSPS) is 12.8. The summed E-state index contributed by atoms with van der Waals surface area (Å²) in [6, 6.07) is 48.6. The third-order valence-electron chi connectivity index (χ3n) is 14.6. The van der Waals surface area contributed by atoms with Crippen molar-refractivity contribution in [3.05, 3.63) is 180 Å². The molecule has 10 aromatic rings. The van der Waals surface area contributed by atoms with Crippen LogP contribution in [0.3, 0.4) is 0 Å². The summed E-state index contributed by atoms with van der Waals surface area (Å²) >= 11 is 0. The molecule has 0 atom stereocenters. The Morgan fingerprint density at radius 1 is 0.434 bits per heavy atom. The van der Waals surface area contributed by atoms with Crippen LogP contribution in [0.4, 0.5) is 8.78 Å². The number of aromatic hydroxyl groups is 2. The van der Waals surface area contributed by atoms with Crippen LogP contribution >= 0.6 is 0 Å². The Morgan fingerprint density at radius 3 is 1.05 bits per heavy atom. The Morgan fingerprint density at radius 2 is 0.750 bits per heavy atom. The van der Waals surface area contributed by atoms with Crippen LogP contribution in [0.5, 0.6) is 23.0 Å². The van der Waals surface area contributed by atoms with Gasteiger partial charge < -0.3 is 29.0 Å². The fourth-order valence-electron chi connectivity index (χ4n) is 12.0. The SMILES string of the molecule is CC(C)N(Oc1ccc(F)cc1-c1cc(C(C)(C)CC(C)(C)C)cc(-n2c3ccccc3c3ccccc32)c1O)Oc1ccc(F)cc1-c1cc(C(C)(C)CC(C)(C)C)cc(-n2c3ccccc3c3ccccc32)c1O. The Kier molecular flexibility index (Phi) is 13.1. The number of nitrogens with zero attached hydrogens (tertiary/aromatic N) is 3. The summed E-state index contributed by atoms with van der Waals surface area (Å²) in [6.45, 7) is 25.9. The van der Waals surface area contributed by atoms with Gasteiger partial charge in [-0.1, -0.05) is 142 Å². The number of phenols is 2. The molecule has 390 valence electrons. The highest BCUT2D eigenvalue weighted by molar-refractivity contribution is 6.10. The predicted molar refractivity (Wildman–Crippen MR) is 308 cm³/mol. The fourth-order valence-corrected chi connectivity index (χ4v) is 12.0. The summed E-state index contributed by atoms with van der Waals surface area (Å²) in [5.41, 5.74) is 7.06. The molecule has 0 bridgehead atoms. The van der Waals surface area contributed by atoms with Crippen LogP contribution in [0.1, 0.15) is 107 Å². The Labute approximate surface area is 445 Å². The molecule has 0 aliphatic rings. The average Bonchev–Trinajstić information content (AvgIpc) is 3.91. The number of benzene rings is 8. The van der Waals surface area contributed by atoms with Gasteiger partial charge in [0.25, 0.3) is 0 Å². The third-order valence-corrected chi connectivity index (χ3v) is 14.6. The number of rotatable bonds is 13. The molecule has 7 nitrogen and oxygen atoms in total. The molecule has 0 aliphatic heterocycles. The minimum absolute atomic E-state index is 0.0522. The van der Waals surface area contributed by atoms with E-state index in [9.17, 15) is 10.2 Å². The largest absolute Gasteiger partial charge is 0.505 e. The average molecular weight is 1020 g/mol. The molecule has 0 saturated carbocycles. The first-order valence-corrected chi connectivity index (χ1v) is 26.4. The molecule has 0 aliphatic carbocycles. The summed E-state index contributed by atoms with van der Waals surface area (Å²) in [6.07, 6.45) is 1.62. The molecule has 2 aromatic heterocycles. The van der Waals surface area contributed by atoms with Gasteiger partial charge in [-0.05, 0) is 144 Å². The van der Waals surface area contributed by atoms with Crippen LogP contribution in [-0.2, 0) is 10.8 Å². The molecule has 0 spiro atoms. The summed E-state index contributed by atoms with van der Waals surface area (Å²) in [5, 5.41) is 31.1. The van der Waals surface area contributed by atoms with Gasteiger partial charge in [0.1, 0.15) is 23.1 Å². The van der Waals surface area contributed by atoms with Gasteiger partial charge in [0, 0.05) is 49.0 Å². The summed E-state index contributed by atoms with van der Waals surface area (Å²) in [4.78, 5) is 13.6. The first-order chi connectivity index (χ1) is 35.9. The van der Waals surface area contributed by atoms with E-state index in [1.165, 1.54) is 41.6 Å². The molecular formula is C67H69F2N3O4. The van der Waals surface area contributed by atoms with Crippen molar-refractivity contribution < 1.29 is 28.7 Å². The van der Waals surface area contributed by atoms with E-state index in [0.29, 0.717) is 33.6 Å². The quantitative estimate of drug-likeness (QED) is 0.113. The lowest BCUT2D eigenvalue weighted by molar-refractivity contribution is -0.275. The van der Waals surface area contributed by atoms with Crippen molar-refractivity contribution in [3.63, 3.8) is 0 Å². The topological polar surface area (TPSA) is 72.0 Å². The van der Waals surface area contributed by atoms with E-state index in [-0.39, 0.29) is 33.8 Å². The molecule has 2 N–H and O–H groups in total. The van der Waals surface area contributed by atoms with Gasteiger partial charge in [-0.15, -0.1) is 0 Å². The van der Waals surface area contributed by atoms with Crippen molar-refractivity contribution in [2.24, 2.45) is 10.8 Å². The van der Waals surface area contributed by atoms with E-state index in [0.717, 1.165) is 67.6 Å². The maximum absolute atomic E-state index is 15.9. The molecule has 10 rings (SSSR count). The number of para-hydroxylation sites is 4. The molecule has 8 aromatic carbocycles. The zero-order valence-corrected chi connectivity index (χ0v) is 45.8. The number of halogens is 2. The number of hydrogen-bond acceptors (Lipinski definition) is 5. The second-order valence-electron chi connectivity index (χ2n) is 24.6. The number of fused-ring (bicyclic) bond motifs is 6. The smallest absolute Gasteiger partial charge is 0.159 e. The molecule has 2 heterocycles. The van der Waals surface area contributed by atoms with Gasteiger partial charge in [-0.25, -0.2) is 8.78 Å². The highest BCUT2D eigenvalue weighted by Gasteiger charge is 2.33. The van der Waals surface area contributed by atoms with Crippen molar-refractivity contribution >= 4 is 43.6 Å². The fraction of sp³-hybridized carbons (Fsp3) is 0.284. The molecule has 9 heteroatoms. The number of aromatic nitrogens is 2. The maximum atomic E-state index is 15.9. The van der Waals surface area contributed by atoms with Crippen LogP contribution in [0, 0.1) is 22.5 Å². The molecule has 0 unspecified atom stereocenters. The van der Waals surface area contributed by atoms with Gasteiger partial charge in [0.15, 0.2) is 11.5 Å². The second kappa shape index (κ2) is 19.2. The lowest BCUT2D eigenvalue weighted by atomic mass is 9.71. The van der Waals surface area contributed by atoms with Crippen LogP contribution in [0.2, 0.25) is 0 Å². The zero-order chi connectivity index (χ0) is 54.2. The van der Waals surface area contributed by atoms with E-state index in [1.807, 2.05) is 98.8 Å². The summed E-state index contributed by atoms with van der Waals surface area (Å²) < 4.78 is 36.0. The highest BCUT2D eigenvalue weighted by Crippen LogP contribution is 2.50. The Hall–Kier alpha value is -7.62.